The summed E-state index contributed by atoms with van der Waals surface area (Å²) in [6, 6.07) is 0.187. The third-order valence-corrected chi connectivity index (χ3v) is 4.01. The Morgan fingerprint density at radius 2 is 2.06 bits per heavy atom. The number of hydrogen-bond acceptors (Lipinski definition) is 3. The van der Waals surface area contributed by atoms with E-state index in [9.17, 15) is 0 Å². The van der Waals surface area contributed by atoms with Gasteiger partial charge in [0.2, 0.25) is 0 Å². The van der Waals surface area contributed by atoms with E-state index in [1.807, 2.05) is 6.92 Å². The van der Waals surface area contributed by atoms with Crippen LogP contribution in [0.15, 0.2) is 0 Å². The highest BCUT2D eigenvalue weighted by atomic mass is 16.5. The fourth-order valence-electron chi connectivity index (χ4n) is 2.46. The second kappa shape index (κ2) is 7.00. The number of hydrogen-bond donors (Lipinski definition) is 1. The second-order valence-electron chi connectivity index (χ2n) is 4.88. The number of nitrogens with zero attached hydrogens (tertiary/aromatic N) is 1. The quantitative estimate of drug-likeness (QED) is 0.740. The van der Waals surface area contributed by atoms with Crippen molar-refractivity contribution < 1.29 is 4.74 Å². The van der Waals surface area contributed by atoms with E-state index in [2.05, 4.69) is 30.6 Å². The van der Waals surface area contributed by atoms with Crippen molar-refractivity contribution in [1.29, 1.82) is 0 Å². The molecule has 3 nitrogen and oxygen atoms in total. The molecule has 1 aliphatic heterocycles. The fraction of sp³-hybridized carbons (Fsp3) is 0.857. The highest BCUT2D eigenvalue weighted by molar-refractivity contribution is 5.00. The van der Waals surface area contributed by atoms with E-state index in [4.69, 9.17) is 10.5 Å². The van der Waals surface area contributed by atoms with Gasteiger partial charge in [-0.05, 0) is 26.7 Å². The third kappa shape index (κ3) is 3.70. The maximum absolute atomic E-state index is 6.38. The van der Waals surface area contributed by atoms with E-state index in [-0.39, 0.29) is 11.6 Å². The first-order chi connectivity index (χ1) is 8.15. The van der Waals surface area contributed by atoms with Gasteiger partial charge in [-0.2, -0.15) is 0 Å². The van der Waals surface area contributed by atoms with Crippen LogP contribution in [0.3, 0.4) is 0 Å². The summed E-state index contributed by atoms with van der Waals surface area (Å²) in [5.74, 6) is 6.04. The number of ether oxygens (including phenoxy) is 1. The second-order valence-corrected chi connectivity index (χ2v) is 4.88. The van der Waals surface area contributed by atoms with Crippen molar-refractivity contribution in [2.75, 3.05) is 26.3 Å². The predicted octanol–water partition coefficient (Wildman–Crippen LogP) is 1.62. The molecule has 0 saturated carbocycles. The van der Waals surface area contributed by atoms with Crippen LogP contribution in [-0.4, -0.2) is 42.8 Å². The molecule has 0 aliphatic carbocycles. The molecule has 2 unspecified atom stereocenters. The van der Waals surface area contributed by atoms with Crippen molar-refractivity contribution in [1.82, 2.24) is 4.90 Å². The smallest absolute Gasteiger partial charge is 0.0594 e. The zero-order valence-corrected chi connectivity index (χ0v) is 11.5. The van der Waals surface area contributed by atoms with Gasteiger partial charge in [0.1, 0.15) is 0 Å². The molecule has 17 heavy (non-hydrogen) atoms. The molecule has 2 atom stereocenters. The zero-order valence-electron chi connectivity index (χ0n) is 11.5. The highest BCUT2D eigenvalue weighted by Crippen LogP contribution is 2.26. The van der Waals surface area contributed by atoms with Crippen LogP contribution in [0.2, 0.25) is 0 Å². The lowest BCUT2D eigenvalue weighted by Gasteiger charge is -2.46. The summed E-state index contributed by atoms with van der Waals surface area (Å²) in [4.78, 5) is 2.49. The Balaban J connectivity index is 2.60. The normalized spacial score (nSPS) is 22.4. The lowest BCUT2D eigenvalue weighted by molar-refractivity contribution is -0.0280. The molecule has 98 valence electrons. The van der Waals surface area contributed by atoms with Crippen molar-refractivity contribution in [3.63, 3.8) is 0 Å². The third-order valence-electron chi connectivity index (χ3n) is 4.01. The van der Waals surface area contributed by atoms with Gasteiger partial charge in [-0.1, -0.05) is 6.92 Å². The largest absolute Gasteiger partial charge is 0.379 e. The van der Waals surface area contributed by atoms with Gasteiger partial charge < -0.3 is 10.5 Å². The Morgan fingerprint density at radius 1 is 1.41 bits per heavy atom. The van der Waals surface area contributed by atoms with Crippen molar-refractivity contribution in [2.24, 2.45) is 5.73 Å². The van der Waals surface area contributed by atoms with Gasteiger partial charge in [0.25, 0.3) is 0 Å². The lowest BCUT2D eigenvalue weighted by atomic mass is 9.85. The Kier molecular flexibility index (Phi) is 5.97. The van der Waals surface area contributed by atoms with Crippen LogP contribution in [0.1, 0.15) is 40.0 Å². The van der Waals surface area contributed by atoms with E-state index in [1.54, 1.807) is 0 Å². The summed E-state index contributed by atoms with van der Waals surface area (Å²) in [7, 11) is 0. The molecular weight excluding hydrogens is 212 g/mol. The first-order valence-electron chi connectivity index (χ1n) is 6.63. The molecular formula is C14H26N2O. The van der Waals surface area contributed by atoms with Gasteiger partial charge in [-0.15, -0.1) is 11.8 Å². The summed E-state index contributed by atoms with van der Waals surface area (Å²) >= 11 is 0. The molecule has 1 aliphatic rings. The maximum atomic E-state index is 6.38. The standard InChI is InChI=1S/C14H26N2O/c1-4-6-7-8-13(15)14(3,5-2)16-9-11-17-12-10-16/h13H,5,7-12,15H2,1-3H3. The topological polar surface area (TPSA) is 38.5 Å². The molecule has 0 bridgehead atoms. The summed E-state index contributed by atoms with van der Waals surface area (Å²) in [5.41, 5.74) is 6.47. The van der Waals surface area contributed by atoms with Gasteiger partial charge in [0.05, 0.1) is 13.2 Å². The first-order valence-corrected chi connectivity index (χ1v) is 6.63. The Labute approximate surface area is 106 Å². The molecule has 1 rings (SSSR count). The summed E-state index contributed by atoms with van der Waals surface area (Å²) < 4.78 is 5.41. The lowest BCUT2D eigenvalue weighted by Crippen LogP contribution is -2.60. The van der Waals surface area contributed by atoms with E-state index in [1.165, 1.54) is 0 Å². The van der Waals surface area contributed by atoms with Gasteiger partial charge in [-0.3, -0.25) is 4.90 Å². The van der Waals surface area contributed by atoms with Crippen molar-refractivity contribution in [3.8, 4) is 11.8 Å². The fourth-order valence-corrected chi connectivity index (χ4v) is 2.46. The van der Waals surface area contributed by atoms with Crippen LogP contribution >= 0.6 is 0 Å². The minimum atomic E-state index is 0.0825. The molecule has 0 aromatic carbocycles. The van der Waals surface area contributed by atoms with Gasteiger partial charge >= 0.3 is 0 Å². The molecule has 2 N–H and O–H groups in total. The van der Waals surface area contributed by atoms with Crippen molar-refractivity contribution in [2.45, 2.75) is 51.6 Å². The van der Waals surface area contributed by atoms with Crippen LogP contribution < -0.4 is 5.73 Å². The Morgan fingerprint density at radius 3 is 2.59 bits per heavy atom. The monoisotopic (exact) mass is 238 g/mol. The van der Waals surface area contributed by atoms with E-state index in [0.29, 0.717) is 0 Å². The summed E-state index contributed by atoms with van der Waals surface area (Å²) in [6.45, 7) is 10.0. The Bertz CT molecular complexity index is 276. The molecule has 1 heterocycles. The summed E-state index contributed by atoms with van der Waals surface area (Å²) in [5, 5.41) is 0. The first kappa shape index (κ1) is 14.5. The average Bonchev–Trinajstić information content (AvgIpc) is 2.39. The van der Waals surface area contributed by atoms with E-state index in [0.717, 1.165) is 45.6 Å². The molecule has 0 spiro atoms. The SMILES string of the molecule is CC#CCCC(N)C(C)(CC)N1CCOCC1. The van der Waals surface area contributed by atoms with E-state index < -0.39 is 0 Å². The minimum Gasteiger partial charge on any atom is -0.379 e. The average molecular weight is 238 g/mol. The molecule has 1 saturated heterocycles. The van der Waals surface area contributed by atoms with Gasteiger partial charge in [0, 0.05) is 31.1 Å². The molecule has 3 heteroatoms. The van der Waals surface area contributed by atoms with Crippen LogP contribution in [0.5, 0.6) is 0 Å². The zero-order chi connectivity index (χ0) is 12.7. The molecule has 0 aromatic rings. The minimum absolute atomic E-state index is 0.0825. The van der Waals surface area contributed by atoms with Gasteiger partial charge in [0.15, 0.2) is 0 Å². The Hall–Kier alpha value is -0.560. The number of nitrogens with two attached hydrogens (primary N) is 1. The molecule has 1 fully saturated rings. The highest BCUT2D eigenvalue weighted by Gasteiger charge is 2.36. The van der Waals surface area contributed by atoms with Crippen LogP contribution in [0.4, 0.5) is 0 Å². The number of morpholine rings is 1. The van der Waals surface area contributed by atoms with Crippen molar-refractivity contribution >= 4 is 0 Å². The molecule has 0 aromatic heterocycles. The number of rotatable bonds is 5. The summed E-state index contributed by atoms with van der Waals surface area (Å²) in [6.07, 6.45) is 2.95. The van der Waals surface area contributed by atoms with Gasteiger partial charge in [-0.25, -0.2) is 0 Å². The predicted molar refractivity (Wildman–Crippen MR) is 71.7 cm³/mol. The van der Waals surface area contributed by atoms with Crippen LogP contribution in [0, 0.1) is 11.8 Å². The molecule has 0 radical (unpaired) electrons. The van der Waals surface area contributed by atoms with Crippen molar-refractivity contribution in [3.05, 3.63) is 0 Å². The molecule has 0 amide bonds. The van der Waals surface area contributed by atoms with Crippen LogP contribution in [-0.2, 0) is 4.74 Å². The maximum Gasteiger partial charge on any atom is 0.0594 e. The van der Waals surface area contributed by atoms with Crippen LogP contribution in [0.25, 0.3) is 0 Å². The van der Waals surface area contributed by atoms with E-state index >= 15 is 0 Å².